The topological polar surface area (TPSA) is 81.7 Å². The molecular weight excluding hydrogens is 342 g/mol. The first kappa shape index (κ1) is 20.6. The van der Waals surface area contributed by atoms with Crippen LogP contribution >= 0.6 is 0 Å². The Morgan fingerprint density at radius 1 is 1.00 bits per heavy atom. The van der Waals surface area contributed by atoms with E-state index in [1.807, 2.05) is 20.8 Å². The maximum atomic E-state index is 12.2. The second-order valence-corrected chi connectivity index (χ2v) is 9.38. The third-order valence-electron chi connectivity index (χ3n) is 5.51. The number of hydrogen-bond donors (Lipinski definition) is 1. The predicted octanol–water partition coefficient (Wildman–Crippen LogP) is 3.46. The second kappa shape index (κ2) is 8.82. The van der Waals surface area contributed by atoms with Crippen LogP contribution in [0.5, 0.6) is 0 Å². The molecule has 0 radical (unpaired) electrons. The highest BCUT2D eigenvalue weighted by Gasteiger charge is 2.33. The van der Waals surface area contributed by atoms with Gasteiger partial charge in [-0.1, -0.05) is 26.2 Å². The molecule has 0 amide bonds. The van der Waals surface area contributed by atoms with Gasteiger partial charge in [0.25, 0.3) is 0 Å². The zero-order chi connectivity index (χ0) is 18.5. The Morgan fingerprint density at radius 2 is 1.56 bits per heavy atom. The molecule has 146 valence electrons. The summed E-state index contributed by atoms with van der Waals surface area (Å²) in [6.07, 6.45) is 7.84. The van der Waals surface area contributed by atoms with Gasteiger partial charge in [0, 0.05) is 6.04 Å². The van der Waals surface area contributed by atoms with Crippen LogP contribution in [0.1, 0.15) is 85.0 Å². The van der Waals surface area contributed by atoms with Gasteiger partial charge in [-0.25, -0.2) is 0 Å². The van der Waals surface area contributed by atoms with Crippen LogP contribution < -0.4 is 4.72 Å². The minimum Gasteiger partial charge on any atom is -0.462 e. The molecule has 0 heterocycles. The minimum atomic E-state index is -3.71. The molecule has 0 saturated heterocycles. The smallest absolute Gasteiger partial charge is 0.336 e. The molecule has 0 unspecified atom stereocenters. The van der Waals surface area contributed by atoms with Gasteiger partial charge in [-0.05, 0) is 58.8 Å². The predicted molar refractivity (Wildman–Crippen MR) is 96.2 cm³/mol. The summed E-state index contributed by atoms with van der Waals surface area (Å²) in [5, 5.41) is 0. The average molecular weight is 376 g/mol. The maximum absolute atomic E-state index is 12.2. The Kier molecular flexibility index (Phi) is 7.29. The van der Waals surface area contributed by atoms with Crippen molar-refractivity contribution in [2.24, 2.45) is 5.41 Å². The van der Waals surface area contributed by atoms with Crippen LogP contribution in [0.4, 0.5) is 0 Å². The standard InChI is InChI=1S/C18H33NO5S/c1-4-18(2,3)17(20)23-15-10-12-16(13-11-15)24-25(21,22)19-14-8-6-5-7-9-14/h14-16,19H,4-13H2,1-3H3. The monoisotopic (exact) mass is 375 g/mol. The molecule has 6 nitrogen and oxygen atoms in total. The van der Waals surface area contributed by atoms with E-state index in [1.54, 1.807) is 0 Å². The number of rotatable bonds is 7. The van der Waals surface area contributed by atoms with E-state index in [1.165, 1.54) is 6.42 Å². The van der Waals surface area contributed by atoms with Crippen LogP contribution in [0.2, 0.25) is 0 Å². The van der Waals surface area contributed by atoms with Crippen molar-refractivity contribution in [3.8, 4) is 0 Å². The fourth-order valence-electron chi connectivity index (χ4n) is 3.33. The highest BCUT2D eigenvalue weighted by Crippen LogP contribution is 2.29. The van der Waals surface area contributed by atoms with Crippen molar-refractivity contribution in [2.75, 3.05) is 0 Å². The number of carbonyl (C=O) groups excluding carboxylic acids is 1. The van der Waals surface area contributed by atoms with Crippen molar-refractivity contribution in [3.05, 3.63) is 0 Å². The van der Waals surface area contributed by atoms with E-state index in [4.69, 9.17) is 8.92 Å². The summed E-state index contributed by atoms with van der Waals surface area (Å²) in [7, 11) is -3.71. The summed E-state index contributed by atoms with van der Waals surface area (Å²) in [5.74, 6) is -0.175. The van der Waals surface area contributed by atoms with Gasteiger partial charge in [-0.3, -0.25) is 8.98 Å². The Labute approximate surface area is 152 Å². The fraction of sp³-hybridized carbons (Fsp3) is 0.944. The molecule has 25 heavy (non-hydrogen) atoms. The summed E-state index contributed by atoms with van der Waals surface area (Å²) >= 11 is 0. The molecule has 2 rings (SSSR count). The van der Waals surface area contributed by atoms with E-state index in [0.29, 0.717) is 25.7 Å². The Bertz CT molecular complexity index is 532. The number of hydrogen-bond acceptors (Lipinski definition) is 5. The molecule has 0 atom stereocenters. The SMILES string of the molecule is CCC(C)(C)C(=O)OC1CCC(OS(=O)(=O)NC2CCCCC2)CC1. The third kappa shape index (κ3) is 6.53. The van der Waals surface area contributed by atoms with Gasteiger partial charge in [-0.2, -0.15) is 13.1 Å². The van der Waals surface area contributed by atoms with Crippen molar-refractivity contribution >= 4 is 16.3 Å². The molecule has 0 aromatic carbocycles. The summed E-state index contributed by atoms with van der Waals surface area (Å²) in [5.41, 5.74) is -0.472. The van der Waals surface area contributed by atoms with E-state index in [0.717, 1.165) is 32.1 Å². The number of carbonyl (C=O) groups is 1. The van der Waals surface area contributed by atoms with Gasteiger partial charge in [0.05, 0.1) is 11.5 Å². The molecular formula is C18H33NO5S. The lowest BCUT2D eigenvalue weighted by atomic mass is 9.90. The van der Waals surface area contributed by atoms with Gasteiger partial charge < -0.3 is 4.74 Å². The van der Waals surface area contributed by atoms with Crippen molar-refractivity contribution in [1.82, 2.24) is 4.72 Å². The highest BCUT2D eigenvalue weighted by molar-refractivity contribution is 7.84. The molecule has 0 aromatic heterocycles. The van der Waals surface area contributed by atoms with Crippen LogP contribution in [0.3, 0.4) is 0 Å². The van der Waals surface area contributed by atoms with E-state index in [9.17, 15) is 13.2 Å². The molecule has 7 heteroatoms. The van der Waals surface area contributed by atoms with Gasteiger partial charge in [0.15, 0.2) is 0 Å². The third-order valence-corrected chi connectivity index (χ3v) is 6.66. The van der Waals surface area contributed by atoms with E-state index in [-0.39, 0.29) is 24.2 Å². The second-order valence-electron chi connectivity index (χ2n) is 8.04. The summed E-state index contributed by atoms with van der Waals surface area (Å²) in [6.45, 7) is 5.73. The largest absolute Gasteiger partial charge is 0.462 e. The molecule has 1 N–H and O–H groups in total. The van der Waals surface area contributed by atoms with Crippen molar-refractivity contribution in [3.63, 3.8) is 0 Å². The first-order valence-electron chi connectivity index (χ1n) is 9.63. The molecule has 2 fully saturated rings. The zero-order valence-corrected chi connectivity index (χ0v) is 16.6. The quantitative estimate of drug-likeness (QED) is 0.689. The average Bonchev–Trinajstić information content (AvgIpc) is 2.56. The van der Waals surface area contributed by atoms with Crippen molar-refractivity contribution in [1.29, 1.82) is 0 Å². The zero-order valence-electron chi connectivity index (χ0n) is 15.8. The van der Waals surface area contributed by atoms with Crippen LogP contribution in [0.15, 0.2) is 0 Å². The molecule has 0 aromatic rings. The lowest BCUT2D eigenvalue weighted by Gasteiger charge is -2.31. The van der Waals surface area contributed by atoms with Crippen molar-refractivity contribution < 1.29 is 22.1 Å². The Hall–Kier alpha value is -0.660. The van der Waals surface area contributed by atoms with Crippen LogP contribution in [-0.2, 0) is 24.0 Å². The van der Waals surface area contributed by atoms with E-state index >= 15 is 0 Å². The maximum Gasteiger partial charge on any atom is 0.336 e. The summed E-state index contributed by atoms with van der Waals surface area (Å²) < 4.78 is 38.0. The molecule has 2 aliphatic rings. The number of ether oxygens (including phenoxy) is 1. The van der Waals surface area contributed by atoms with Gasteiger partial charge >= 0.3 is 16.3 Å². The molecule has 2 saturated carbocycles. The van der Waals surface area contributed by atoms with E-state index < -0.39 is 15.7 Å². The minimum absolute atomic E-state index is 0.00678. The molecule has 2 aliphatic carbocycles. The lowest BCUT2D eigenvalue weighted by Crippen LogP contribution is -2.40. The lowest BCUT2D eigenvalue weighted by molar-refractivity contribution is -0.162. The van der Waals surface area contributed by atoms with Gasteiger partial charge in [0.1, 0.15) is 6.10 Å². The first-order valence-corrected chi connectivity index (χ1v) is 11.0. The molecule has 0 aliphatic heterocycles. The fourth-order valence-corrected chi connectivity index (χ4v) is 4.58. The normalized spacial score (nSPS) is 26.4. The van der Waals surface area contributed by atoms with Gasteiger partial charge in [0.2, 0.25) is 0 Å². The number of nitrogens with one attached hydrogen (secondary N) is 1. The molecule has 0 spiro atoms. The summed E-state index contributed by atoms with van der Waals surface area (Å²) in [4.78, 5) is 12.1. The van der Waals surface area contributed by atoms with Crippen LogP contribution in [-0.4, -0.2) is 32.6 Å². The van der Waals surface area contributed by atoms with Crippen LogP contribution in [0.25, 0.3) is 0 Å². The van der Waals surface area contributed by atoms with Gasteiger partial charge in [-0.15, -0.1) is 0 Å². The first-order chi connectivity index (χ1) is 11.7. The Balaban J connectivity index is 1.75. The van der Waals surface area contributed by atoms with Crippen LogP contribution in [0, 0.1) is 5.41 Å². The van der Waals surface area contributed by atoms with E-state index in [2.05, 4.69) is 4.72 Å². The summed E-state index contributed by atoms with van der Waals surface area (Å²) in [6, 6.07) is 0.00678. The molecule has 0 bridgehead atoms. The highest BCUT2D eigenvalue weighted by atomic mass is 32.2. The number of esters is 1. The van der Waals surface area contributed by atoms with Crippen molar-refractivity contribution in [2.45, 2.75) is 103 Å². The Morgan fingerprint density at radius 3 is 2.12 bits per heavy atom.